The highest BCUT2D eigenvalue weighted by molar-refractivity contribution is 5.85. The fourth-order valence-corrected chi connectivity index (χ4v) is 1.30. The van der Waals surface area contributed by atoms with Crippen molar-refractivity contribution in [1.82, 2.24) is 0 Å². The van der Waals surface area contributed by atoms with Gasteiger partial charge >= 0.3 is 0 Å². The van der Waals surface area contributed by atoms with Gasteiger partial charge in [0.2, 0.25) is 0 Å². The van der Waals surface area contributed by atoms with Gasteiger partial charge in [-0.25, -0.2) is 0 Å². The van der Waals surface area contributed by atoms with Crippen LogP contribution >= 0.6 is 12.4 Å². The van der Waals surface area contributed by atoms with E-state index >= 15 is 0 Å². The standard InChI is InChI=1S/C8H15N.ClH/c1-2-7-3-5-8(9)6-4-7;/h2,8H,3-6,9H2,1H3;1H. The van der Waals surface area contributed by atoms with Gasteiger partial charge < -0.3 is 5.73 Å². The molecule has 0 aromatic heterocycles. The largest absolute Gasteiger partial charge is 0.328 e. The Morgan fingerprint density at radius 2 is 1.90 bits per heavy atom. The highest BCUT2D eigenvalue weighted by atomic mass is 35.5. The maximum Gasteiger partial charge on any atom is 0.00449 e. The smallest absolute Gasteiger partial charge is 0.00449 e. The zero-order valence-electron chi connectivity index (χ0n) is 6.47. The Hall–Kier alpha value is -0.0100. The van der Waals surface area contributed by atoms with Crippen molar-refractivity contribution in [3.05, 3.63) is 11.6 Å². The van der Waals surface area contributed by atoms with Crippen LogP contribution < -0.4 is 5.73 Å². The van der Waals surface area contributed by atoms with E-state index in [-0.39, 0.29) is 12.4 Å². The Bertz CT molecular complexity index is 110. The van der Waals surface area contributed by atoms with E-state index in [0.29, 0.717) is 6.04 Å². The van der Waals surface area contributed by atoms with Crippen molar-refractivity contribution < 1.29 is 0 Å². The van der Waals surface area contributed by atoms with Gasteiger partial charge in [-0.3, -0.25) is 0 Å². The molecule has 0 aliphatic heterocycles. The summed E-state index contributed by atoms with van der Waals surface area (Å²) >= 11 is 0. The number of rotatable bonds is 0. The van der Waals surface area contributed by atoms with Crippen molar-refractivity contribution in [3.63, 3.8) is 0 Å². The summed E-state index contributed by atoms with van der Waals surface area (Å²) in [5.41, 5.74) is 7.32. The quantitative estimate of drug-likeness (QED) is 0.542. The predicted molar refractivity (Wildman–Crippen MR) is 47.4 cm³/mol. The van der Waals surface area contributed by atoms with Crippen molar-refractivity contribution in [2.45, 2.75) is 38.6 Å². The summed E-state index contributed by atoms with van der Waals surface area (Å²) in [5, 5.41) is 0. The monoisotopic (exact) mass is 161 g/mol. The van der Waals surface area contributed by atoms with Crippen molar-refractivity contribution in [2.75, 3.05) is 0 Å². The van der Waals surface area contributed by atoms with Gasteiger partial charge in [0.15, 0.2) is 0 Å². The van der Waals surface area contributed by atoms with Gasteiger partial charge in [0.1, 0.15) is 0 Å². The molecular weight excluding hydrogens is 146 g/mol. The van der Waals surface area contributed by atoms with Gasteiger partial charge in [0.25, 0.3) is 0 Å². The molecule has 0 bridgehead atoms. The molecule has 1 aliphatic rings. The minimum absolute atomic E-state index is 0. The summed E-state index contributed by atoms with van der Waals surface area (Å²) in [6.45, 7) is 2.12. The molecule has 0 unspecified atom stereocenters. The van der Waals surface area contributed by atoms with E-state index in [1.54, 1.807) is 5.57 Å². The molecule has 1 rings (SSSR count). The summed E-state index contributed by atoms with van der Waals surface area (Å²) < 4.78 is 0. The molecule has 1 nitrogen and oxygen atoms in total. The fourth-order valence-electron chi connectivity index (χ4n) is 1.30. The lowest BCUT2D eigenvalue weighted by molar-refractivity contribution is 0.511. The van der Waals surface area contributed by atoms with E-state index in [0.717, 1.165) is 0 Å². The van der Waals surface area contributed by atoms with Crippen LogP contribution in [0.15, 0.2) is 11.6 Å². The predicted octanol–water partition coefficient (Wildman–Crippen LogP) is 2.26. The molecule has 0 radical (unpaired) electrons. The van der Waals surface area contributed by atoms with Crippen molar-refractivity contribution >= 4 is 12.4 Å². The second-order valence-electron chi connectivity index (χ2n) is 2.78. The van der Waals surface area contributed by atoms with Gasteiger partial charge in [0, 0.05) is 6.04 Å². The second-order valence-corrected chi connectivity index (χ2v) is 2.78. The lowest BCUT2D eigenvalue weighted by Gasteiger charge is -2.19. The summed E-state index contributed by atoms with van der Waals surface area (Å²) in [6.07, 6.45) is 7.08. The lowest BCUT2D eigenvalue weighted by atomic mass is 9.91. The molecule has 1 fully saturated rings. The number of halogens is 1. The van der Waals surface area contributed by atoms with Crippen LogP contribution in [-0.4, -0.2) is 6.04 Å². The first-order valence-corrected chi connectivity index (χ1v) is 3.72. The molecule has 60 valence electrons. The van der Waals surface area contributed by atoms with E-state index < -0.39 is 0 Å². The molecule has 0 saturated heterocycles. The van der Waals surface area contributed by atoms with Crippen LogP contribution in [0.3, 0.4) is 0 Å². The molecule has 2 heteroatoms. The molecule has 1 aliphatic carbocycles. The summed E-state index contributed by atoms with van der Waals surface area (Å²) in [6, 6.07) is 0.480. The third kappa shape index (κ3) is 2.72. The zero-order chi connectivity index (χ0) is 6.69. The Labute approximate surface area is 69.1 Å². The van der Waals surface area contributed by atoms with Gasteiger partial charge in [-0.1, -0.05) is 11.6 Å². The Balaban J connectivity index is 0.000000810. The first-order valence-electron chi connectivity index (χ1n) is 3.72. The Morgan fingerprint density at radius 1 is 1.40 bits per heavy atom. The second kappa shape index (κ2) is 4.75. The minimum Gasteiger partial charge on any atom is -0.328 e. The van der Waals surface area contributed by atoms with Crippen molar-refractivity contribution in [3.8, 4) is 0 Å². The Kier molecular flexibility index (Phi) is 4.75. The molecule has 2 N–H and O–H groups in total. The van der Waals surface area contributed by atoms with Gasteiger partial charge in [0.05, 0.1) is 0 Å². The number of hydrogen-bond donors (Lipinski definition) is 1. The maximum atomic E-state index is 5.72. The van der Waals surface area contributed by atoms with Crippen molar-refractivity contribution in [1.29, 1.82) is 0 Å². The summed E-state index contributed by atoms with van der Waals surface area (Å²) in [4.78, 5) is 0. The van der Waals surface area contributed by atoms with E-state index in [1.807, 2.05) is 0 Å². The van der Waals surface area contributed by atoms with Gasteiger partial charge in [-0.15, -0.1) is 12.4 Å². The normalized spacial score (nSPS) is 25.4. The minimum atomic E-state index is 0. The number of allylic oxidation sites excluding steroid dienone is 2. The number of nitrogens with two attached hydrogens (primary N) is 1. The molecule has 1 saturated carbocycles. The molecular formula is C8H16ClN. The first kappa shape index (κ1) is 9.99. The van der Waals surface area contributed by atoms with Crippen LogP contribution in [0.25, 0.3) is 0 Å². The number of hydrogen-bond acceptors (Lipinski definition) is 1. The van der Waals surface area contributed by atoms with Crippen LogP contribution in [0.5, 0.6) is 0 Å². The zero-order valence-corrected chi connectivity index (χ0v) is 7.29. The third-order valence-corrected chi connectivity index (χ3v) is 2.08. The molecule has 0 spiro atoms. The van der Waals surface area contributed by atoms with Gasteiger partial charge in [-0.05, 0) is 32.6 Å². The van der Waals surface area contributed by atoms with Crippen molar-refractivity contribution in [2.24, 2.45) is 5.73 Å². The highest BCUT2D eigenvalue weighted by Gasteiger charge is 2.10. The van der Waals surface area contributed by atoms with E-state index in [2.05, 4.69) is 13.0 Å². The lowest BCUT2D eigenvalue weighted by Crippen LogP contribution is -2.23. The Morgan fingerprint density at radius 3 is 2.30 bits per heavy atom. The van der Waals surface area contributed by atoms with E-state index in [1.165, 1.54) is 25.7 Å². The highest BCUT2D eigenvalue weighted by Crippen LogP contribution is 2.21. The van der Waals surface area contributed by atoms with Gasteiger partial charge in [-0.2, -0.15) is 0 Å². The fraction of sp³-hybridized carbons (Fsp3) is 0.750. The van der Waals surface area contributed by atoms with E-state index in [9.17, 15) is 0 Å². The van der Waals surface area contributed by atoms with Crippen LogP contribution in [0.4, 0.5) is 0 Å². The van der Waals surface area contributed by atoms with E-state index in [4.69, 9.17) is 5.73 Å². The molecule has 0 heterocycles. The average molecular weight is 162 g/mol. The summed E-state index contributed by atoms with van der Waals surface area (Å²) in [7, 11) is 0. The van der Waals surface area contributed by atoms with Crippen LogP contribution in [0.2, 0.25) is 0 Å². The molecule has 0 aromatic rings. The first-order chi connectivity index (χ1) is 4.33. The molecule has 0 aromatic carbocycles. The average Bonchev–Trinajstić information content (AvgIpc) is 1.90. The van der Waals surface area contributed by atoms with Crippen LogP contribution in [-0.2, 0) is 0 Å². The summed E-state index contributed by atoms with van der Waals surface area (Å²) in [5.74, 6) is 0. The molecule has 0 atom stereocenters. The maximum absolute atomic E-state index is 5.72. The van der Waals surface area contributed by atoms with Crippen LogP contribution in [0, 0.1) is 0 Å². The third-order valence-electron chi connectivity index (χ3n) is 2.08. The van der Waals surface area contributed by atoms with Crippen LogP contribution in [0.1, 0.15) is 32.6 Å². The molecule has 10 heavy (non-hydrogen) atoms. The topological polar surface area (TPSA) is 26.0 Å². The molecule has 0 amide bonds. The SMILES string of the molecule is CC=C1CCC(N)CC1.Cl.